The number of hydrogen-bond acceptors (Lipinski definition) is 4. The maximum Gasteiger partial charge on any atom is 0.256 e. The third-order valence-corrected chi connectivity index (χ3v) is 20.3. The van der Waals surface area contributed by atoms with Crippen LogP contribution in [0.25, 0.3) is 77.9 Å². The minimum atomic E-state index is -0.200. The van der Waals surface area contributed by atoms with Gasteiger partial charge in [-0.2, -0.15) is 0 Å². The second-order valence-electron chi connectivity index (χ2n) is 25.4. The lowest BCUT2D eigenvalue weighted by atomic mass is 9.30. The molecule has 0 bridgehead atoms. The molecule has 16 aromatic rings. The maximum atomic E-state index is 7.42. The lowest BCUT2D eigenvalue weighted by Gasteiger charge is -2.46. The van der Waals surface area contributed by atoms with Crippen molar-refractivity contribution >= 4 is 119 Å². The fourth-order valence-electron chi connectivity index (χ4n) is 16.5. The van der Waals surface area contributed by atoms with Crippen molar-refractivity contribution in [1.82, 2.24) is 9.13 Å². The van der Waals surface area contributed by atoms with Gasteiger partial charge in [0, 0.05) is 79.2 Å². The molecule has 0 saturated carbocycles. The Kier molecular flexibility index (Phi) is 12.1. The first-order valence-corrected chi connectivity index (χ1v) is 33.1. The molecule has 6 heterocycles. The minimum absolute atomic E-state index is 0.184. The molecule has 0 fully saturated rings. The number of anilines is 9. The van der Waals surface area contributed by atoms with Crippen molar-refractivity contribution in [2.45, 2.75) is 0 Å². The van der Waals surface area contributed by atoms with E-state index in [0.717, 1.165) is 124 Å². The minimum Gasteiger partial charge on any atom is -0.458 e. The van der Waals surface area contributed by atoms with Crippen molar-refractivity contribution in [3.8, 4) is 67.6 Å². The second kappa shape index (κ2) is 21.5. The Labute approximate surface area is 557 Å². The Balaban J connectivity index is 0.899. The molecule has 0 atom stereocenters. The Morgan fingerprint density at radius 3 is 1.08 bits per heavy atom. The summed E-state index contributed by atoms with van der Waals surface area (Å²) in [5, 5.41) is 2.37. The van der Waals surface area contributed by atoms with Crippen molar-refractivity contribution in [2.75, 3.05) is 14.7 Å². The van der Waals surface area contributed by atoms with Crippen LogP contribution in [0, 0.1) is 0 Å². The van der Waals surface area contributed by atoms with Crippen LogP contribution in [0.4, 0.5) is 51.2 Å². The Hall–Kier alpha value is -12.5. The summed E-state index contributed by atoms with van der Waals surface area (Å²) in [5.41, 5.74) is 30.7. The highest BCUT2D eigenvalue weighted by Crippen LogP contribution is 2.52. The van der Waals surface area contributed by atoms with Gasteiger partial charge in [0.2, 0.25) is 0 Å². The zero-order valence-electron chi connectivity index (χ0n) is 52.2. The highest BCUT2D eigenvalue weighted by atomic mass is 16.5. The van der Waals surface area contributed by atoms with Gasteiger partial charge in [-0.25, -0.2) is 0 Å². The van der Waals surface area contributed by atoms with Crippen molar-refractivity contribution < 1.29 is 4.74 Å². The Bertz CT molecular complexity index is 5760. The number of ether oxygens (including phenoxy) is 1. The van der Waals surface area contributed by atoms with Crippen LogP contribution in [-0.4, -0.2) is 22.6 Å². The predicted octanol–water partition coefficient (Wildman–Crippen LogP) is 18.7. The van der Waals surface area contributed by atoms with Crippen LogP contribution in [0.3, 0.4) is 0 Å². The summed E-state index contributed by atoms with van der Waals surface area (Å²) in [7, 11) is 0. The van der Waals surface area contributed by atoms with Crippen LogP contribution in [0.5, 0.6) is 11.5 Å². The van der Waals surface area contributed by atoms with Crippen LogP contribution in [-0.2, 0) is 0 Å². The number of rotatable bonds is 9. The molecule has 14 aromatic carbocycles. The number of aromatic nitrogens is 2. The topological polar surface area (TPSA) is 28.8 Å². The summed E-state index contributed by atoms with van der Waals surface area (Å²) in [4.78, 5) is 7.64. The molecule has 0 radical (unpaired) electrons. The van der Waals surface area contributed by atoms with Gasteiger partial charge >= 0.3 is 0 Å². The van der Waals surface area contributed by atoms with E-state index in [1.165, 1.54) is 49.3 Å². The van der Waals surface area contributed by atoms with Gasteiger partial charge in [0.15, 0.2) is 0 Å². The summed E-state index contributed by atoms with van der Waals surface area (Å²) in [6.45, 7) is -0.384. The average molecular weight is 1220 g/mol. The van der Waals surface area contributed by atoms with E-state index >= 15 is 0 Å². The van der Waals surface area contributed by atoms with Crippen LogP contribution in [0.2, 0.25) is 0 Å². The molecule has 4 aliphatic rings. The highest BCUT2D eigenvalue weighted by Gasteiger charge is 2.48. The molecule has 0 N–H and O–H groups in total. The largest absolute Gasteiger partial charge is 0.458 e. The molecule has 0 spiro atoms. The number of para-hydroxylation sites is 7. The van der Waals surface area contributed by atoms with E-state index in [-0.39, 0.29) is 13.4 Å². The van der Waals surface area contributed by atoms with Gasteiger partial charge in [0.05, 0.1) is 33.8 Å². The standard InChI is InChI=1S/C88H57B2N5O/c1-8-30-58(31-9-1)83-67-44-22-26-48-73(67)94(87(83)60-34-12-3-13-35-60)65-52-78-85-79(53-65)92(63-40-18-6-19-41-63)76-57-77-72(56-71(76)89(85)69-46-24-28-50-75(69)91(78)62-38-16-5-17-39-62)90-70-47-25-29-51-81(70)96-82-55-66(54-80(86(82)90)93(77)64-42-20-7-21-43-64)95-74-49-27-23-45-68(74)84(59-32-10-2-11-33-59)88(95)61-36-14-4-15-37-61/h1-57H. The third-order valence-electron chi connectivity index (χ3n) is 20.3. The summed E-state index contributed by atoms with van der Waals surface area (Å²) in [5.74, 6) is 1.69. The van der Waals surface area contributed by atoms with Gasteiger partial charge in [-0.05, 0) is 140 Å². The first kappa shape index (κ1) is 54.1. The highest BCUT2D eigenvalue weighted by molar-refractivity contribution is 7.02. The van der Waals surface area contributed by atoms with E-state index in [9.17, 15) is 0 Å². The van der Waals surface area contributed by atoms with Crippen molar-refractivity contribution in [1.29, 1.82) is 0 Å². The monoisotopic (exact) mass is 1220 g/mol. The lowest BCUT2D eigenvalue weighted by molar-refractivity contribution is 0.487. The van der Waals surface area contributed by atoms with Gasteiger partial charge in [-0.15, -0.1) is 0 Å². The smallest absolute Gasteiger partial charge is 0.256 e. The van der Waals surface area contributed by atoms with Gasteiger partial charge in [0.25, 0.3) is 13.4 Å². The van der Waals surface area contributed by atoms with Crippen LogP contribution in [0.15, 0.2) is 346 Å². The number of hydrogen-bond donors (Lipinski definition) is 0. The summed E-state index contributed by atoms with van der Waals surface area (Å²) in [6.07, 6.45) is 0. The Morgan fingerprint density at radius 2 is 0.594 bits per heavy atom. The SMILES string of the molecule is c1ccc(-c2c(-c3ccccc3)n(-c3cc4c5c(c3)N(c3ccccc3)c3cc6c(cc3B5c3ccccc3O4)B3c4ccccc4N(c4ccccc4)c4cc(-n5c(-c7ccccc7)c(-c7ccccc7)c7ccccc75)cc(c43)N6c3ccccc3)c3ccccc23)cc1. The zero-order valence-corrected chi connectivity index (χ0v) is 52.2. The van der Waals surface area contributed by atoms with Gasteiger partial charge in [-0.1, -0.05) is 255 Å². The van der Waals surface area contributed by atoms with Crippen molar-refractivity contribution in [2.24, 2.45) is 0 Å². The van der Waals surface area contributed by atoms with E-state index in [1.807, 2.05) is 0 Å². The molecule has 4 aliphatic heterocycles. The van der Waals surface area contributed by atoms with Crippen LogP contribution < -0.4 is 52.2 Å². The molecule has 446 valence electrons. The third kappa shape index (κ3) is 8.09. The van der Waals surface area contributed by atoms with Crippen molar-refractivity contribution in [3.05, 3.63) is 346 Å². The zero-order chi connectivity index (χ0) is 63.0. The predicted molar refractivity (Wildman–Crippen MR) is 402 cm³/mol. The first-order valence-electron chi connectivity index (χ1n) is 33.1. The second-order valence-corrected chi connectivity index (χ2v) is 25.4. The summed E-state index contributed by atoms with van der Waals surface area (Å²) < 4.78 is 12.4. The molecule has 0 aliphatic carbocycles. The summed E-state index contributed by atoms with van der Waals surface area (Å²) >= 11 is 0. The van der Waals surface area contributed by atoms with Crippen LogP contribution in [0.1, 0.15) is 0 Å². The maximum absolute atomic E-state index is 7.42. The van der Waals surface area contributed by atoms with E-state index in [1.54, 1.807) is 0 Å². The van der Waals surface area contributed by atoms with E-state index in [0.29, 0.717) is 0 Å². The average Bonchev–Trinajstić information content (AvgIpc) is 0.799. The fraction of sp³-hybridized carbons (Fsp3) is 0. The number of fused-ring (bicyclic) bond motifs is 10. The first-order chi connectivity index (χ1) is 47.7. The quantitative estimate of drug-likeness (QED) is 0.135. The number of nitrogens with zero attached hydrogens (tertiary/aromatic N) is 5. The molecular formula is C88H57B2N5O. The normalized spacial score (nSPS) is 13.0. The Morgan fingerprint density at radius 1 is 0.229 bits per heavy atom. The van der Waals surface area contributed by atoms with Gasteiger partial charge < -0.3 is 28.6 Å². The van der Waals surface area contributed by atoms with Gasteiger partial charge in [0.1, 0.15) is 11.5 Å². The number of benzene rings is 14. The molecule has 0 unspecified atom stereocenters. The van der Waals surface area contributed by atoms with E-state index in [4.69, 9.17) is 4.74 Å². The van der Waals surface area contributed by atoms with Gasteiger partial charge in [-0.3, -0.25) is 0 Å². The molecule has 96 heavy (non-hydrogen) atoms. The molecule has 8 heteroatoms. The molecule has 6 nitrogen and oxygen atoms in total. The molecule has 2 aromatic heterocycles. The fourth-order valence-corrected chi connectivity index (χ4v) is 16.5. The van der Waals surface area contributed by atoms with Crippen LogP contribution >= 0.6 is 0 Å². The summed E-state index contributed by atoms with van der Waals surface area (Å²) in [6, 6.07) is 127. The van der Waals surface area contributed by atoms with E-state index in [2.05, 4.69) is 370 Å². The lowest BCUT2D eigenvalue weighted by Crippen LogP contribution is -2.64. The molecular weight excluding hydrogens is 1160 g/mol. The van der Waals surface area contributed by atoms with E-state index < -0.39 is 0 Å². The van der Waals surface area contributed by atoms with Crippen molar-refractivity contribution in [3.63, 3.8) is 0 Å². The molecule has 20 rings (SSSR count). The molecule has 0 amide bonds. The molecule has 0 saturated heterocycles.